The predicted molar refractivity (Wildman–Crippen MR) is 106 cm³/mol. The van der Waals surface area contributed by atoms with Crippen LogP contribution in [0, 0.1) is 6.92 Å². The van der Waals surface area contributed by atoms with Gasteiger partial charge in [-0.25, -0.2) is 0 Å². The molecule has 1 saturated carbocycles. The molecule has 1 amide bonds. The molecular weight excluding hydrogens is 344 g/mol. The largest absolute Gasteiger partial charge is 0.345 e. The lowest BCUT2D eigenvalue weighted by Gasteiger charge is -2.28. The number of benzene rings is 1. The summed E-state index contributed by atoms with van der Waals surface area (Å²) >= 11 is 1.51. The highest BCUT2D eigenvalue weighted by Gasteiger charge is 2.34. The third-order valence-electron chi connectivity index (χ3n) is 5.34. The predicted octanol–water partition coefficient (Wildman–Crippen LogP) is 3.46. The molecule has 6 heteroatoms. The van der Waals surface area contributed by atoms with Crippen LogP contribution in [0.1, 0.15) is 46.6 Å². The molecular formula is C20H24N4OS. The van der Waals surface area contributed by atoms with Gasteiger partial charge in [-0.1, -0.05) is 43.2 Å². The number of amides is 1. The van der Waals surface area contributed by atoms with E-state index in [9.17, 15) is 4.79 Å². The Morgan fingerprint density at radius 1 is 1.31 bits per heavy atom. The van der Waals surface area contributed by atoms with Crippen molar-refractivity contribution in [3.8, 4) is 0 Å². The normalized spacial score (nSPS) is 16.2. The maximum Gasteiger partial charge on any atom is 0.261 e. The summed E-state index contributed by atoms with van der Waals surface area (Å²) in [7, 11) is 0. The van der Waals surface area contributed by atoms with Gasteiger partial charge in [0.25, 0.3) is 5.91 Å². The lowest BCUT2D eigenvalue weighted by Crippen LogP contribution is -2.51. The van der Waals surface area contributed by atoms with Crippen LogP contribution in [0.5, 0.6) is 0 Å². The summed E-state index contributed by atoms with van der Waals surface area (Å²) in [6.07, 6.45) is 4.21. The van der Waals surface area contributed by atoms with E-state index < -0.39 is 0 Å². The Bertz CT molecular complexity index is 922. The van der Waals surface area contributed by atoms with Crippen molar-refractivity contribution in [2.24, 2.45) is 5.73 Å². The molecule has 3 aromatic rings. The molecule has 2 heterocycles. The molecule has 0 radical (unpaired) electrons. The second-order valence-corrected chi connectivity index (χ2v) is 8.23. The van der Waals surface area contributed by atoms with Crippen LogP contribution in [-0.4, -0.2) is 27.8 Å². The summed E-state index contributed by atoms with van der Waals surface area (Å²) in [4.78, 5) is 14.6. The summed E-state index contributed by atoms with van der Waals surface area (Å²) in [6, 6.07) is 12.2. The molecule has 1 fully saturated rings. The fourth-order valence-corrected chi connectivity index (χ4v) is 4.88. The maximum atomic E-state index is 12.8. The molecule has 3 N–H and O–H groups in total. The zero-order chi connectivity index (χ0) is 18.1. The molecule has 0 spiro atoms. The number of aryl methyl sites for hydroxylation is 1. The maximum absolute atomic E-state index is 12.8. The Kier molecular flexibility index (Phi) is 4.54. The Morgan fingerprint density at radius 2 is 2.04 bits per heavy atom. The van der Waals surface area contributed by atoms with Gasteiger partial charge in [0.15, 0.2) is 0 Å². The fraction of sp³-hybridized carbons (Fsp3) is 0.400. The molecule has 0 aliphatic heterocycles. The van der Waals surface area contributed by atoms with Crippen molar-refractivity contribution in [3.05, 3.63) is 52.5 Å². The second kappa shape index (κ2) is 6.85. The lowest BCUT2D eigenvalue weighted by molar-refractivity contribution is 0.0907. The van der Waals surface area contributed by atoms with Gasteiger partial charge < -0.3 is 11.1 Å². The number of fused-ring (bicyclic) bond motifs is 1. The van der Waals surface area contributed by atoms with Gasteiger partial charge in [-0.15, -0.1) is 11.3 Å². The van der Waals surface area contributed by atoms with Gasteiger partial charge in [0, 0.05) is 11.9 Å². The van der Waals surface area contributed by atoms with Crippen molar-refractivity contribution in [2.75, 3.05) is 6.54 Å². The average Bonchev–Trinajstić information content (AvgIpc) is 3.35. The molecule has 5 nitrogen and oxygen atoms in total. The Labute approximate surface area is 157 Å². The highest BCUT2D eigenvalue weighted by atomic mass is 32.1. The smallest absolute Gasteiger partial charge is 0.261 e. The van der Waals surface area contributed by atoms with Crippen LogP contribution in [0.2, 0.25) is 0 Å². The molecule has 0 unspecified atom stereocenters. The zero-order valence-electron chi connectivity index (χ0n) is 15.0. The van der Waals surface area contributed by atoms with E-state index in [-0.39, 0.29) is 11.4 Å². The first-order valence-electron chi connectivity index (χ1n) is 9.14. The summed E-state index contributed by atoms with van der Waals surface area (Å²) in [5, 5.41) is 8.93. The van der Waals surface area contributed by atoms with Crippen LogP contribution in [-0.2, 0) is 6.54 Å². The van der Waals surface area contributed by atoms with Crippen molar-refractivity contribution in [1.82, 2.24) is 15.1 Å². The van der Waals surface area contributed by atoms with Gasteiger partial charge in [0.05, 0.1) is 22.7 Å². The van der Waals surface area contributed by atoms with Crippen LogP contribution in [0.3, 0.4) is 0 Å². The highest BCUT2D eigenvalue weighted by Crippen LogP contribution is 2.32. The van der Waals surface area contributed by atoms with E-state index in [2.05, 4.69) is 22.5 Å². The molecule has 0 saturated heterocycles. The highest BCUT2D eigenvalue weighted by molar-refractivity contribution is 7.20. The van der Waals surface area contributed by atoms with E-state index >= 15 is 0 Å². The second-order valence-electron chi connectivity index (χ2n) is 7.20. The Morgan fingerprint density at radius 3 is 2.73 bits per heavy atom. The number of carbonyl (C=O) groups is 1. The summed E-state index contributed by atoms with van der Waals surface area (Å²) < 4.78 is 2.00. The number of carbonyl (C=O) groups excluding carboxylic acids is 1. The third-order valence-corrected chi connectivity index (χ3v) is 6.48. The number of nitrogens with zero attached hydrogens (tertiary/aromatic N) is 2. The SMILES string of the molecule is Cc1nn(Cc2ccccc2)c2sc(C(=O)NC3(CN)CCCC3)cc12. The number of rotatable bonds is 5. The Balaban J connectivity index is 1.61. The van der Waals surface area contributed by atoms with Crippen molar-refractivity contribution >= 4 is 27.5 Å². The van der Waals surface area contributed by atoms with Crippen LogP contribution >= 0.6 is 11.3 Å². The number of thiophene rings is 1. The van der Waals surface area contributed by atoms with Gasteiger partial charge >= 0.3 is 0 Å². The standard InChI is InChI=1S/C20H24N4OS/c1-14-16-11-17(18(25)22-20(13-21)9-5-6-10-20)26-19(16)24(23-14)12-15-7-3-2-4-8-15/h2-4,7-8,11H,5-6,9-10,12-13,21H2,1H3,(H,22,25). The first-order chi connectivity index (χ1) is 12.6. The molecule has 4 rings (SSSR count). The van der Waals surface area contributed by atoms with E-state index in [1.807, 2.05) is 35.9 Å². The third kappa shape index (κ3) is 3.15. The number of hydrogen-bond acceptors (Lipinski definition) is 4. The van der Waals surface area contributed by atoms with Crippen molar-refractivity contribution in [3.63, 3.8) is 0 Å². The first kappa shape index (κ1) is 17.2. The van der Waals surface area contributed by atoms with Crippen LogP contribution in [0.15, 0.2) is 36.4 Å². The minimum Gasteiger partial charge on any atom is -0.345 e. The monoisotopic (exact) mass is 368 g/mol. The minimum absolute atomic E-state index is 0.00999. The summed E-state index contributed by atoms with van der Waals surface area (Å²) in [5.41, 5.74) is 7.89. The molecule has 1 aromatic carbocycles. The molecule has 2 aromatic heterocycles. The summed E-state index contributed by atoms with van der Waals surface area (Å²) in [6.45, 7) is 3.21. The molecule has 1 aliphatic rings. The number of hydrogen-bond donors (Lipinski definition) is 2. The molecule has 0 atom stereocenters. The van der Waals surface area contributed by atoms with E-state index in [0.29, 0.717) is 13.1 Å². The van der Waals surface area contributed by atoms with E-state index in [1.165, 1.54) is 16.9 Å². The molecule has 26 heavy (non-hydrogen) atoms. The van der Waals surface area contributed by atoms with Crippen molar-refractivity contribution < 1.29 is 4.79 Å². The first-order valence-corrected chi connectivity index (χ1v) is 9.95. The van der Waals surface area contributed by atoms with E-state index in [0.717, 1.165) is 46.5 Å². The molecule has 136 valence electrons. The van der Waals surface area contributed by atoms with Crippen LogP contribution < -0.4 is 11.1 Å². The number of nitrogens with two attached hydrogens (primary N) is 1. The van der Waals surface area contributed by atoms with E-state index in [4.69, 9.17) is 5.73 Å². The minimum atomic E-state index is -0.224. The quantitative estimate of drug-likeness (QED) is 0.724. The topological polar surface area (TPSA) is 72.9 Å². The Hall–Kier alpha value is -2.18. The van der Waals surface area contributed by atoms with Gasteiger partial charge in [-0.2, -0.15) is 5.10 Å². The molecule has 0 bridgehead atoms. The van der Waals surface area contributed by atoms with E-state index in [1.54, 1.807) is 0 Å². The van der Waals surface area contributed by atoms with Gasteiger partial charge in [0.2, 0.25) is 0 Å². The fourth-order valence-electron chi connectivity index (χ4n) is 3.82. The summed E-state index contributed by atoms with van der Waals surface area (Å²) in [5.74, 6) is -0.00999. The van der Waals surface area contributed by atoms with Crippen LogP contribution in [0.25, 0.3) is 10.2 Å². The van der Waals surface area contributed by atoms with Crippen LogP contribution in [0.4, 0.5) is 0 Å². The average molecular weight is 369 g/mol. The molecule has 1 aliphatic carbocycles. The lowest BCUT2D eigenvalue weighted by atomic mass is 9.98. The van der Waals surface area contributed by atoms with Crippen molar-refractivity contribution in [2.45, 2.75) is 44.7 Å². The number of nitrogens with one attached hydrogen (secondary N) is 1. The number of aromatic nitrogens is 2. The van der Waals surface area contributed by atoms with Gasteiger partial charge in [0.1, 0.15) is 4.83 Å². The van der Waals surface area contributed by atoms with Crippen molar-refractivity contribution in [1.29, 1.82) is 0 Å². The zero-order valence-corrected chi connectivity index (χ0v) is 15.8. The van der Waals surface area contributed by atoms with Gasteiger partial charge in [-0.3, -0.25) is 9.48 Å². The van der Waals surface area contributed by atoms with Gasteiger partial charge in [-0.05, 0) is 31.4 Å².